The van der Waals surface area contributed by atoms with Gasteiger partial charge in [-0.25, -0.2) is 9.78 Å². The van der Waals surface area contributed by atoms with Gasteiger partial charge in [0, 0.05) is 19.3 Å². The van der Waals surface area contributed by atoms with E-state index in [1.165, 1.54) is 5.56 Å². The Kier molecular flexibility index (Phi) is 4.70. The SMILES string of the molecule is CC(C)(C)OC(=O)N1CCCC(c2ccc(N)nc2)CC1. The number of likely N-dealkylation sites (tertiary alicyclic amines) is 1. The maximum absolute atomic E-state index is 12.1. The van der Waals surface area contributed by atoms with Crippen LogP contribution in [0.5, 0.6) is 0 Å². The molecule has 1 atom stereocenters. The molecule has 1 amide bonds. The molecule has 0 saturated carbocycles. The molecule has 2 rings (SSSR count). The fourth-order valence-corrected chi connectivity index (χ4v) is 2.60. The van der Waals surface area contributed by atoms with Gasteiger partial charge in [-0.2, -0.15) is 0 Å². The summed E-state index contributed by atoms with van der Waals surface area (Å²) in [6.45, 7) is 7.17. The summed E-state index contributed by atoms with van der Waals surface area (Å²) in [6, 6.07) is 3.88. The molecule has 5 heteroatoms. The normalized spacial score (nSPS) is 20.0. The van der Waals surface area contributed by atoms with Crippen LogP contribution in [-0.4, -0.2) is 34.7 Å². The highest BCUT2D eigenvalue weighted by molar-refractivity contribution is 5.68. The Morgan fingerprint density at radius 2 is 2.10 bits per heavy atom. The Morgan fingerprint density at radius 1 is 1.33 bits per heavy atom. The monoisotopic (exact) mass is 291 g/mol. The van der Waals surface area contributed by atoms with Crippen molar-refractivity contribution >= 4 is 11.9 Å². The fraction of sp³-hybridized carbons (Fsp3) is 0.625. The van der Waals surface area contributed by atoms with E-state index in [0.717, 1.165) is 32.4 Å². The number of rotatable bonds is 1. The highest BCUT2D eigenvalue weighted by Crippen LogP contribution is 2.28. The van der Waals surface area contributed by atoms with Crippen molar-refractivity contribution in [2.75, 3.05) is 18.8 Å². The first kappa shape index (κ1) is 15.6. The second-order valence-electron chi connectivity index (χ2n) is 6.61. The van der Waals surface area contributed by atoms with E-state index in [-0.39, 0.29) is 6.09 Å². The van der Waals surface area contributed by atoms with E-state index in [2.05, 4.69) is 4.98 Å². The van der Waals surface area contributed by atoms with Crippen molar-refractivity contribution in [1.82, 2.24) is 9.88 Å². The number of nitrogens with zero attached hydrogens (tertiary/aromatic N) is 2. The van der Waals surface area contributed by atoms with Gasteiger partial charge in [0.05, 0.1) is 0 Å². The summed E-state index contributed by atoms with van der Waals surface area (Å²) in [4.78, 5) is 18.1. The molecule has 1 aromatic rings. The van der Waals surface area contributed by atoms with Crippen LogP contribution in [0.15, 0.2) is 18.3 Å². The highest BCUT2D eigenvalue weighted by atomic mass is 16.6. The molecule has 1 unspecified atom stereocenters. The Morgan fingerprint density at radius 3 is 2.71 bits per heavy atom. The molecule has 2 heterocycles. The third-order valence-electron chi connectivity index (χ3n) is 3.66. The second kappa shape index (κ2) is 6.33. The number of anilines is 1. The third kappa shape index (κ3) is 4.62. The summed E-state index contributed by atoms with van der Waals surface area (Å²) in [7, 11) is 0. The van der Waals surface area contributed by atoms with Crippen molar-refractivity contribution in [1.29, 1.82) is 0 Å². The first-order valence-corrected chi connectivity index (χ1v) is 7.54. The summed E-state index contributed by atoms with van der Waals surface area (Å²) in [5, 5.41) is 0. The lowest BCUT2D eigenvalue weighted by Crippen LogP contribution is -2.37. The molecule has 0 aliphatic carbocycles. The van der Waals surface area contributed by atoms with Crippen LogP contribution in [0.4, 0.5) is 10.6 Å². The fourth-order valence-electron chi connectivity index (χ4n) is 2.60. The first-order chi connectivity index (χ1) is 9.85. The van der Waals surface area contributed by atoms with E-state index in [9.17, 15) is 4.79 Å². The van der Waals surface area contributed by atoms with Gasteiger partial charge in [-0.3, -0.25) is 0 Å². The number of ether oxygens (including phenoxy) is 1. The lowest BCUT2D eigenvalue weighted by Gasteiger charge is -2.26. The van der Waals surface area contributed by atoms with Crippen LogP contribution in [0.3, 0.4) is 0 Å². The Bertz CT molecular complexity index is 479. The predicted octanol–water partition coefficient (Wildman–Crippen LogP) is 3.17. The van der Waals surface area contributed by atoms with Crippen molar-refractivity contribution in [3.63, 3.8) is 0 Å². The van der Waals surface area contributed by atoms with Crippen LogP contribution in [0.25, 0.3) is 0 Å². The van der Waals surface area contributed by atoms with Crippen LogP contribution >= 0.6 is 0 Å². The van der Waals surface area contributed by atoms with E-state index in [1.807, 2.05) is 44.0 Å². The molecular formula is C16H25N3O2. The van der Waals surface area contributed by atoms with E-state index in [0.29, 0.717) is 11.7 Å². The van der Waals surface area contributed by atoms with Crippen molar-refractivity contribution < 1.29 is 9.53 Å². The number of nitrogens with two attached hydrogens (primary N) is 1. The van der Waals surface area contributed by atoms with Crippen LogP contribution in [0.2, 0.25) is 0 Å². The van der Waals surface area contributed by atoms with Crippen molar-refractivity contribution in [2.24, 2.45) is 0 Å². The maximum Gasteiger partial charge on any atom is 0.410 e. The molecule has 0 bridgehead atoms. The van der Waals surface area contributed by atoms with Gasteiger partial charge in [0.2, 0.25) is 0 Å². The largest absolute Gasteiger partial charge is 0.444 e. The van der Waals surface area contributed by atoms with Gasteiger partial charge in [-0.05, 0) is 57.6 Å². The van der Waals surface area contributed by atoms with E-state index < -0.39 is 5.60 Å². The van der Waals surface area contributed by atoms with Crippen molar-refractivity contribution in [2.45, 2.75) is 51.6 Å². The molecule has 0 radical (unpaired) electrons. The van der Waals surface area contributed by atoms with E-state index in [4.69, 9.17) is 10.5 Å². The van der Waals surface area contributed by atoms with Gasteiger partial charge >= 0.3 is 6.09 Å². The molecule has 1 aliphatic rings. The average molecular weight is 291 g/mol. The topological polar surface area (TPSA) is 68.5 Å². The molecule has 1 aliphatic heterocycles. The molecule has 2 N–H and O–H groups in total. The quantitative estimate of drug-likeness (QED) is 0.863. The highest BCUT2D eigenvalue weighted by Gasteiger charge is 2.25. The smallest absolute Gasteiger partial charge is 0.410 e. The molecule has 116 valence electrons. The average Bonchev–Trinajstić information content (AvgIpc) is 2.63. The number of hydrogen-bond donors (Lipinski definition) is 1. The Labute approximate surface area is 126 Å². The number of pyridine rings is 1. The Balaban J connectivity index is 1.95. The first-order valence-electron chi connectivity index (χ1n) is 7.54. The summed E-state index contributed by atoms with van der Waals surface area (Å²) in [5.74, 6) is 0.980. The molecule has 1 aromatic heterocycles. The van der Waals surface area contributed by atoms with Crippen LogP contribution in [0, 0.1) is 0 Å². The van der Waals surface area contributed by atoms with Crippen LogP contribution in [0.1, 0.15) is 51.5 Å². The lowest BCUT2D eigenvalue weighted by atomic mass is 9.93. The molecule has 21 heavy (non-hydrogen) atoms. The molecule has 1 fully saturated rings. The predicted molar refractivity (Wildman–Crippen MR) is 83.0 cm³/mol. The van der Waals surface area contributed by atoms with Gasteiger partial charge in [0.25, 0.3) is 0 Å². The van der Waals surface area contributed by atoms with Gasteiger partial charge in [0.15, 0.2) is 0 Å². The lowest BCUT2D eigenvalue weighted by molar-refractivity contribution is 0.0256. The third-order valence-corrected chi connectivity index (χ3v) is 3.66. The number of carbonyl (C=O) groups is 1. The summed E-state index contributed by atoms with van der Waals surface area (Å²) in [6.07, 6.45) is 4.62. The number of amides is 1. The number of hydrogen-bond acceptors (Lipinski definition) is 4. The summed E-state index contributed by atoms with van der Waals surface area (Å²) >= 11 is 0. The minimum absolute atomic E-state index is 0.210. The summed E-state index contributed by atoms with van der Waals surface area (Å²) < 4.78 is 5.45. The van der Waals surface area contributed by atoms with Crippen LogP contribution < -0.4 is 5.73 Å². The molecule has 0 aromatic carbocycles. The molecule has 0 spiro atoms. The number of aromatic nitrogens is 1. The van der Waals surface area contributed by atoms with Crippen LogP contribution in [-0.2, 0) is 4.74 Å². The van der Waals surface area contributed by atoms with Crippen molar-refractivity contribution in [3.05, 3.63) is 23.9 Å². The van der Waals surface area contributed by atoms with Gasteiger partial charge < -0.3 is 15.4 Å². The zero-order valence-corrected chi connectivity index (χ0v) is 13.1. The van der Waals surface area contributed by atoms with E-state index in [1.54, 1.807) is 0 Å². The van der Waals surface area contributed by atoms with Gasteiger partial charge in [-0.15, -0.1) is 0 Å². The zero-order valence-electron chi connectivity index (χ0n) is 13.1. The van der Waals surface area contributed by atoms with Gasteiger partial charge in [-0.1, -0.05) is 6.07 Å². The Hall–Kier alpha value is -1.78. The second-order valence-corrected chi connectivity index (χ2v) is 6.61. The molecule has 1 saturated heterocycles. The molecular weight excluding hydrogens is 266 g/mol. The standard InChI is InChI=1S/C16H25N3O2/c1-16(2,3)21-15(20)19-9-4-5-12(8-10-19)13-6-7-14(17)18-11-13/h6-7,11-12H,4-5,8-10H2,1-3H3,(H2,17,18). The minimum Gasteiger partial charge on any atom is -0.444 e. The van der Waals surface area contributed by atoms with Gasteiger partial charge in [0.1, 0.15) is 11.4 Å². The summed E-state index contributed by atoms with van der Waals surface area (Å²) in [5.41, 5.74) is 6.39. The van der Waals surface area contributed by atoms with E-state index >= 15 is 0 Å². The number of carbonyl (C=O) groups excluding carboxylic acids is 1. The minimum atomic E-state index is -0.441. The zero-order chi connectivity index (χ0) is 15.5. The van der Waals surface area contributed by atoms with Crippen molar-refractivity contribution in [3.8, 4) is 0 Å². The maximum atomic E-state index is 12.1. The molecule has 5 nitrogen and oxygen atoms in total. The number of nitrogen functional groups attached to an aromatic ring is 1.